The molecule has 9 nitrogen and oxygen atoms in total. The Labute approximate surface area is 269 Å². The fourth-order valence-electron chi connectivity index (χ4n) is 4.74. The van der Waals surface area contributed by atoms with Crippen LogP contribution in [-0.4, -0.2) is 49.3 Å². The lowest BCUT2D eigenvalue weighted by atomic mass is 10.1. The fraction of sp³-hybridized carbons (Fsp3) is 0.882. The molecule has 0 heterocycles. The van der Waals surface area contributed by atoms with Crippen molar-refractivity contribution >= 4 is 19.8 Å². The van der Waals surface area contributed by atoms with E-state index in [0.717, 1.165) is 51.4 Å². The Balaban J connectivity index is 4.15. The molecular weight excluding hydrogens is 581 g/mol. The maximum Gasteiger partial charge on any atom is 0.472 e. The first-order chi connectivity index (χ1) is 21.3. The van der Waals surface area contributed by atoms with E-state index in [1.807, 2.05) is 0 Å². The van der Waals surface area contributed by atoms with Crippen LogP contribution < -0.4 is 5.73 Å². The number of allylic oxidation sites excluding steroid dienone is 2. The predicted octanol–water partition coefficient (Wildman–Crippen LogP) is 9.10. The second-order valence-electron chi connectivity index (χ2n) is 11.7. The van der Waals surface area contributed by atoms with E-state index in [0.29, 0.717) is 6.42 Å². The minimum Gasteiger partial charge on any atom is -0.462 e. The van der Waals surface area contributed by atoms with Gasteiger partial charge in [0.05, 0.1) is 13.2 Å². The number of phosphoric ester groups is 1. The van der Waals surface area contributed by atoms with Gasteiger partial charge < -0.3 is 20.1 Å². The average molecular weight is 648 g/mol. The molecule has 0 aromatic carbocycles. The minimum absolute atomic E-state index is 0.0546. The summed E-state index contributed by atoms with van der Waals surface area (Å²) in [4.78, 5) is 34.4. The first kappa shape index (κ1) is 42.8. The molecule has 0 aromatic rings. The average Bonchev–Trinajstić information content (AvgIpc) is 3.00. The van der Waals surface area contributed by atoms with Crippen LogP contribution in [0.4, 0.5) is 0 Å². The second-order valence-corrected chi connectivity index (χ2v) is 13.2. The smallest absolute Gasteiger partial charge is 0.462 e. The third-order valence-electron chi connectivity index (χ3n) is 7.40. The summed E-state index contributed by atoms with van der Waals surface area (Å²) in [7, 11) is -4.36. The number of hydrogen-bond donors (Lipinski definition) is 2. The normalized spacial score (nSPS) is 13.6. The Morgan fingerprint density at radius 3 is 1.61 bits per heavy atom. The van der Waals surface area contributed by atoms with Crippen molar-refractivity contribution < 1.29 is 37.6 Å². The first-order valence-electron chi connectivity index (χ1n) is 17.7. The quantitative estimate of drug-likeness (QED) is 0.0309. The predicted molar refractivity (Wildman–Crippen MR) is 178 cm³/mol. The lowest BCUT2D eigenvalue weighted by molar-refractivity contribution is -0.161. The Morgan fingerprint density at radius 1 is 0.659 bits per heavy atom. The standard InChI is InChI=1S/C34H66NO8P/c1-3-5-7-9-11-12-13-14-15-16-17-18-19-20-21-23-25-27-34(37)43-32(31-42-44(38,39)41-29-28-35)30-40-33(36)26-24-22-10-8-6-4-2/h14-15,32H,3-13,16-31,35H2,1-2H3,(H,38,39)/b15-14-. The number of hydrogen-bond acceptors (Lipinski definition) is 8. The van der Waals surface area contributed by atoms with Crippen LogP contribution in [0.15, 0.2) is 12.2 Å². The van der Waals surface area contributed by atoms with Crippen molar-refractivity contribution in [2.45, 2.75) is 168 Å². The van der Waals surface area contributed by atoms with Gasteiger partial charge in [-0.15, -0.1) is 0 Å². The number of esters is 2. The van der Waals surface area contributed by atoms with E-state index in [2.05, 4.69) is 26.0 Å². The van der Waals surface area contributed by atoms with Crippen molar-refractivity contribution in [1.29, 1.82) is 0 Å². The maximum atomic E-state index is 12.4. The summed E-state index contributed by atoms with van der Waals surface area (Å²) >= 11 is 0. The van der Waals surface area contributed by atoms with Crippen molar-refractivity contribution in [1.82, 2.24) is 0 Å². The van der Waals surface area contributed by atoms with E-state index in [1.165, 1.54) is 77.0 Å². The number of rotatable bonds is 33. The molecule has 0 amide bonds. The van der Waals surface area contributed by atoms with E-state index in [9.17, 15) is 19.0 Å². The van der Waals surface area contributed by atoms with Gasteiger partial charge in [-0.25, -0.2) is 4.57 Å². The van der Waals surface area contributed by atoms with Crippen LogP contribution in [0.5, 0.6) is 0 Å². The van der Waals surface area contributed by atoms with Crippen LogP contribution in [0.2, 0.25) is 0 Å². The zero-order valence-corrected chi connectivity index (χ0v) is 29.0. The molecule has 0 fully saturated rings. The highest BCUT2D eigenvalue weighted by Gasteiger charge is 2.25. The fourth-order valence-corrected chi connectivity index (χ4v) is 5.51. The SMILES string of the molecule is CCCCCCCC/C=C\CCCCCCCCCC(=O)OC(COC(=O)CCCCCCCC)COP(=O)(O)OCCN. The summed E-state index contributed by atoms with van der Waals surface area (Å²) in [6, 6.07) is 0. The molecule has 0 radical (unpaired) electrons. The lowest BCUT2D eigenvalue weighted by Gasteiger charge is -2.19. The molecule has 2 unspecified atom stereocenters. The molecule has 3 N–H and O–H groups in total. The molecule has 0 rings (SSSR count). The van der Waals surface area contributed by atoms with Crippen molar-refractivity contribution in [2.75, 3.05) is 26.4 Å². The van der Waals surface area contributed by atoms with Gasteiger partial charge in [0.1, 0.15) is 6.61 Å². The van der Waals surface area contributed by atoms with Gasteiger partial charge in [0, 0.05) is 19.4 Å². The monoisotopic (exact) mass is 647 g/mol. The number of phosphoric acid groups is 1. The highest BCUT2D eigenvalue weighted by molar-refractivity contribution is 7.47. The van der Waals surface area contributed by atoms with E-state index in [-0.39, 0.29) is 32.6 Å². The molecule has 0 aliphatic carbocycles. The van der Waals surface area contributed by atoms with Crippen molar-refractivity contribution in [3.8, 4) is 0 Å². The number of nitrogens with two attached hydrogens (primary N) is 1. The molecule has 2 atom stereocenters. The Morgan fingerprint density at radius 2 is 1.11 bits per heavy atom. The highest BCUT2D eigenvalue weighted by atomic mass is 31.2. The molecule has 44 heavy (non-hydrogen) atoms. The Kier molecular flexibility index (Phi) is 30.8. The molecule has 0 aromatic heterocycles. The van der Waals surface area contributed by atoms with Gasteiger partial charge in [0.15, 0.2) is 6.10 Å². The van der Waals surface area contributed by atoms with E-state index in [4.69, 9.17) is 24.3 Å². The molecule has 0 spiro atoms. The molecule has 0 bridgehead atoms. The molecule has 260 valence electrons. The van der Waals surface area contributed by atoms with Gasteiger partial charge in [-0.3, -0.25) is 18.6 Å². The topological polar surface area (TPSA) is 134 Å². The molecule has 0 saturated heterocycles. The summed E-state index contributed by atoms with van der Waals surface area (Å²) < 4.78 is 32.4. The lowest BCUT2D eigenvalue weighted by Crippen LogP contribution is -2.29. The second kappa shape index (κ2) is 31.7. The summed E-state index contributed by atoms with van der Waals surface area (Å²) in [5.41, 5.74) is 5.31. The minimum atomic E-state index is -4.36. The third-order valence-corrected chi connectivity index (χ3v) is 8.39. The molecule has 0 aliphatic heterocycles. The van der Waals surface area contributed by atoms with Crippen LogP contribution >= 0.6 is 7.82 Å². The zero-order valence-electron chi connectivity index (χ0n) is 28.2. The molecular formula is C34H66NO8P. The van der Waals surface area contributed by atoms with E-state index < -0.39 is 32.5 Å². The van der Waals surface area contributed by atoms with Gasteiger partial charge in [-0.1, -0.05) is 122 Å². The van der Waals surface area contributed by atoms with Crippen LogP contribution in [-0.2, 0) is 32.7 Å². The van der Waals surface area contributed by atoms with Gasteiger partial charge in [0.2, 0.25) is 0 Å². The summed E-state index contributed by atoms with van der Waals surface area (Å²) in [6.45, 7) is 3.64. The summed E-state index contributed by atoms with van der Waals surface area (Å²) in [6.07, 6.45) is 28.4. The molecule has 0 saturated carbocycles. The van der Waals surface area contributed by atoms with Crippen LogP contribution in [0.1, 0.15) is 162 Å². The highest BCUT2D eigenvalue weighted by Crippen LogP contribution is 2.43. The van der Waals surface area contributed by atoms with E-state index in [1.54, 1.807) is 0 Å². The van der Waals surface area contributed by atoms with Crippen LogP contribution in [0, 0.1) is 0 Å². The zero-order chi connectivity index (χ0) is 32.6. The first-order valence-corrected chi connectivity index (χ1v) is 19.2. The number of ether oxygens (including phenoxy) is 2. The van der Waals surface area contributed by atoms with Crippen molar-refractivity contribution in [2.24, 2.45) is 5.73 Å². The number of unbranched alkanes of at least 4 members (excludes halogenated alkanes) is 18. The largest absolute Gasteiger partial charge is 0.472 e. The van der Waals surface area contributed by atoms with Crippen LogP contribution in [0.25, 0.3) is 0 Å². The van der Waals surface area contributed by atoms with Gasteiger partial charge in [-0.05, 0) is 38.5 Å². The van der Waals surface area contributed by atoms with Gasteiger partial charge in [0.25, 0.3) is 0 Å². The number of carbonyl (C=O) groups is 2. The summed E-state index contributed by atoms with van der Waals surface area (Å²) in [5, 5.41) is 0. The third kappa shape index (κ3) is 30.8. The maximum absolute atomic E-state index is 12.4. The Hall–Kier alpha value is -1.25. The summed E-state index contributed by atoms with van der Waals surface area (Å²) in [5.74, 6) is -0.841. The molecule has 0 aliphatic rings. The molecule has 10 heteroatoms. The van der Waals surface area contributed by atoms with Crippen molar-refractivity contribution in [3.05, 3.63) is 12.2 Å². The Bertz CT molecular complexity index is 749. The van der Waals surface area contributed by atoms with E-state index >= 15 is 0 Å². The van der Waals surface area contributed by atoms with Crippen LogP contribution in [0.3, 0.4) is 0 Å². The van der Waals surface area contributed by atoms with Gasteiger partial charge >= 0.3 is 19.8 Å². The van der Waals surface area contributed by atoms with Gasteiger partial charge in [-0.2, -0.15) is 0 Å². The number of carbonyl (C=O) groups excluding carboxylic acids is 2. The van der Waals surface area contributed by atoms with Crippen molar-refractivity contribution in [3.63, 3.8) is 0 Å².